The van der Waals surface area contributed by atoms with E-state index in [2.05, 4.69) is 32.9 Å². The van der Waals surface area contributed by atoms with Crippen LogP contribution in [0.4, 0.5) is 9.93 Å². The van der Waals surface area contributed by atoms with Crippen LogP contribution in [0.2, 0.25) is 0 Å². The zero-order valence-electron chi connectivity index (χ0n) is 15.9. The highest BCUT2D eigenvalue weighted by Crippen LogP contribution is 2.35. The second kappa shape index (κ2) is 8.67. The van der Waals surface area contributed by atoms with Gasteiger partial charge in [-0.25, -0.2) is 19.5 Å². The van der Waals surface area contributed by atoms with Gasteiger partial charge in [-0.3, -0.25) is 0 Å². The van der Waals surface area contributed by atoms with E-state index in [1.807, 2.05) is 20.8 Å². The monoisotopic (exact) mass is 447 g/mol. The van der Waals surface area contributed by atoms with Crippen LogP contribution in [0.25, 0.3) is 0 Å². The molecule has 2 heterocycles. The van der Waals surface area contributed by atoms with E-state index in [0.29, 0.717) is 8.92 Å². The van der Waals surface area contributed by atoms with Gasteiger partial charge in [0.25, 0.3) is 0 Å². The Hall–Kier alpha value is -1.19. The van der Waals surface area contributed by atoms with Gasteiger partial charge in [-0.05, 0) is 76.6 Å². The highest BCUT2D eigenvalue weighted by Gasteiger charge is 2.35. The number of esters is 1. The van der Waals surface area contributed by atoms with Crippen LogP contribution in [0.3, 0.4) is 0 Å². The molecule has 2 rings (SSSR count). The summed E-state index contributed by atoms with van der Waals surface area (Å²) in [6, 6.07) is -0.0193. The first-order valence-electron chi connectivity index (χ1n) is 8.66. The van der Waals surface area contributed by atoms with Gasteiger partial charge in [0.15, 0.2) is 10.8 Å². The molecule has 0 unspecified atom stereocenters. The number of carbonyl (C=O) groups excluding carboxylic acids is 2. The average Bonchev–Trinajstić information content (AvgIpc) is 2.89. The van der Waals surface area contributed by atoms with E-state index in [0.717, 1.165) is 25.9 Å². The molecule has 1 aromatic heterocycles. The highest BCUT2D eigenvalue weighted by molar-refractivity contribution is 9.11. The summed E-state index contributed by atoms with van der Waals surface area (Å²) in [5.41, 5.74) is -0.424. The Morgan fingerprint density at radius 3 is 2.50 bits per heavy atom. The van der Waals surface area contributed by atoms with Crippen molar-refractivity contribution in [3.05, 3.63) is 9.48 Å². The molecule has 1 aromatic rings. The Bertz CT molecular complexity index is 651. The summed E-state index contributed by atoms with van der Waals surface area (Å²) in [6.07, 6.45) is 1.20. The Kier molecular flexibility index (Phi) is 7.04. The maximum atomic E-state index is 12.9. The third-order valence-electron chi connectivity index (χ3n) is 3.89. The number of nitrogens with zero attached hydrogens (tertiary/aromatic N) is 3. The van der Waals surface area contributed by atoms with E-state index >= 15 is 0 Å². The van der Waals surface area contributed by atoms with Gasteiger partial charge in [0.2, 0.25) is 0 Å². The number of halogens is 1. The van der Waals surface area contributed by atoms with Gasteiger partial charge in [-0.15, -0.1) is 0 Å². The SMILES string of the molecule is CCOC(=O)c1nc(N(C(=O)OC(C)(C)C)C2CCN(C)CC2)sc1Br. The minimum atomic E-state index is -0.612. The zero-order chi connectivity index (χ0) is 19.5. The Morgan fingerprint density at radius 2 is 1.96 bits per heavy atom. The summed E-state index contributed by atoms with van der Waals surface area (Å²) in [5, 5.41) is 0.448. The van der Waals surface area contributed by atoms with Crippen molar-refractivity contribution in [3.63, 3.8) is 0 Å². The van der Waals surface area contributed by atoms with Crippen LogP contribution in [0.15, 0.2) is 3.79 Å². The van der Waals surface area contributed by atoms with Crippen molar-refractivity contribution < 1.29 is 19.1 Å². The number of piperidine rings is 1. The lowest BCUT2D eigenvalue weighted by Gasteiger charge is -2.36. The summed E-state index contributed by atoms with van der Waals surface area (Å²) in [6.45, 7) is 9.29. The molecule has 146 valence electrons. The van der Waals surface area contributed by atoms with E-state index < -0.39 is 17.7 Å². The Balaban J connectivity index is 2.33. The summed E-state index contributed by atoms with van der Waals surface area (Å²) in [4.78, 5) is 33.2. The molecular formula is C17H26BrN3O4S. The third-order valence-corrected chi connectivity index (χ3v) is 5.60. The van der Waals surface area contributed by atoms with E-state index in [4.69, 9.17) is 9.47 Å². The standard InChI is InChI=1S/C17H26BrN3O4S/c1-6-24-14(22)12-13(18)26-15(19-12)21(16(23)25-17(2,3)4)11-7-9-20(5)10-8-11/h11H,6-10H2,1-5H3. The Morgan fingerprint density at radius 1 is 1.35 bits per heavy atom. The first-order chi connectivity index (χ1) is 12.1. The number of carbonyl (C=O) groups is 2. The molecule has 0 aromatic carbocycles. The molecule has 9 heteroatoms. The third kappa shape index (κ3) is 5.40. The summed E-state index contributed by atoms with van der Waals surface area (Å²) >= 11 is 4.61. The van der Waals surface area contributed by atoms with Gasteiger partial charge in [-0.1, -0.05) is 11.3 Å². The lowest BCUT2D eigenvalue weighted by Crippen LogP contribution is -2.48. The van der Waals surface area contributed by atoms with Gasteiger partial charge in [0, 0.05) is 6.04 Å². The molecule has 0 N–H and O–H groups in total. The zero-order valence-corrected chi connectivity index (χ0v) is 18.3. The first kappa shape index (κ1) is 21.1. The summed E-state index contributed by atoms with van der Waals surface area (Å²) in [5.74, 6) is -0.505. The van der Waals surface area contributed by atoms with Gasteiger partial charge in [-0.2, -0.15) is 0 Å². The number of likely N-dealkylation sites (tertiary alicyclic amines) is 1. The van der Waals surface area contributed by atoms with Crippen LogP contribution in [-0.2, 0) is 9.47 Å². The number of hydrogen-bond donors (Lipinski definition) is 0. The van der Waals surface area contributed by atoms with Crippen molar-refractivity contribution in [2.45, 2.75) is 52.2 Å². The number of anilines is 1. The van der Waals surface area contributed by atoms with E-state index in [9.17, 15) is 9.59 Å². The predicted octanol–water partition coefficient (Wildman–Crippen LogP) is 3.92. The van der Waals surface area contributed by atoms with Crippen LogP contribution in [-0.4, -0.2) is 60.3 Å². The van der Waals surface area contributed by atoms with Crippen molar-refractivity contribution in [1.29, 1.82) is 0 Å². The lowest BCUT2D eigenvalue weighted by molar-refractivity contribution is 0.0512. The number of rotatable bonds is 4. The molecule has 1 amide bonds. The van der Waals surface area contributed by atoms with Crippen molar-refractivity contribution in [2.24, 2.45) is 0 Å². The molecule has 0 aliphatic carbocycles. The topological polar surface area (TPSA) is 72.0 Å². The van der Waals surface area contributed by atoms with Crippen molar-refractivity contribution in [3.8, 4) is 0 Å². The van der Waals surface area contributed by atoms with E-state index in [1.165, 1.54) is 11.3 Å². The second-order valence-corrected chi connectivity index (χ2v) is 9.52. The van der Waals surface area contributed by atoms with Gasteiger partial charge >= 0.3 is 12.1 Å². The fourth-order valence-electron chi connectivity index (χ4n) is 2.67. The molecule has 0 saturated carbocycles. The van der Waals surface area contributed by atoms with Crippen LogP contribution in [0.1, 0.15) is 51.0 Å². The van der Waals surface area contributed by atoms with Crippen molar-refractivity contribution >= 4 is 44.5 Å². The minimum Gasteiger partial charge on any atom is -0.461 e. The fourth-order valence-corrected chi connectivity index (χ4v) is 4.20. The van der Waals surface area contributed by atoms with Gasteiger partial charge < -0.3 is 14.4 Å². The fraction of sp³-hybridized carbons (Fsp3) is 0.706. The highest BCUT2D eigenvalue weighted by atomic mass is 79.9. The van der Waals surface area contributed by atoms with Crippen molar-refractivity contribution in [2.75, 3.05) is 31.6 Å². The summed E-state index contributed by atoms with van der Waals surface area (Å²) < 4.78 is 11.2. The van der Waals surface area contributed by atoms with E-state index in [-0.39, 0.29) is 18.3 Å². The maximum absolute atomic E-state index is 12.9. The van der Waals surface area contributed by atoms with Crippen LogP contribution < -0.4 is 4.90 Å². The lowest BCUT2D eigenvalue weighted by atomic mass is 10.0. The molecule has 0 radical (unpaired) electrons. The number of aromatic nitrogens is 1. The van der Waals surface area contributed by atoms with E-state index in [1.54, 1.807) is 11.8 Å². The molecule has 0 atom stereocenters. The molecule has 1 aliphatic heterocycles. The van der Waals surface area contributed by atoms with Crippen LogP contribution >= 0.6 is 27.3 Å². The van der Waals surface area contributed by atoms with Crippen LogP contribution in [0.5, 0.6) is 0 Å². The molecular weight excluding hydrogens is 422 g/mol. The molecule has 7 nitrogen and oxygen atoms in total. The predicted molar refractivity (Wildman–Crippen MR) is 105 cm³/mol. The average molecular weight is 448 g/mol. The first-order valence-corrected chi connectivity index (χ1v) is 10.3. The number of hydrogen-bond acceptors (Lipinski definition) is 7. The number of thiazole rings is 1. The Labute approximate surface area is 166 Å². The number of ether oxygens (including phenoxy) is 2. The number of amides is 1. The summed E-state index contributed by atoms with van der Waals surface area (Å²) in [7, 11) is 2.06. The van der Waals surface area contributed by atoms with Gasteiger partial charge in [0.1, 0.15) is 9.39 Å². The van der Waals surface area contributed by atoms with Crippen molar-refractivity contribution in [1.82, 2.24) is 9.88 Å². The maximum Gasteiger partial charge on any atom is 0.416 e. The molecule has 0 bridgehead atoms. The normalized spacial score (nSPS) is 16.4. The second-order valence-electron chi connectivity index (χ2n) is 7.22. The van der Waals surface area contributed by atoms with Gasteiger partial charge in [0.05, 0.1) is 6.61 Å². The smallest absolute Gasteiger partial charge is 0.416 e. The molecule has 1 fully saturated rings. The minimum absolute atomic E-state index is 0.0193. The molecule has 0 spiro atoms. The molecule has 26 heavy (non-hydrogen) atoms. The quantitative estimate of drug-likeness (QED) is 0.651. The molecule has 1 aliphatic rings. The largest absolute Gasteiger partial charge is 0.461 e. The van der Waals surface area contributed by atoms with Crippen LogP contribution in [0, 0.1) is 0 Å². The molecule has 1 saturated heterocycles.